The first-order valence-corrected chi connectivity index (χ1v) is 12.1. The summed E-state index contributed by atoms with van der Waals surface area (Å²) in [7, 11) is 0. The van der Waals surface area contributed by atoms with Gasteiger partial charge in [-0.3, -0.25) is 10.1 Å². The molecule has 0 heterocycles. The van der Waals surface area contributed by atoms with Gasteiger partial charge in [0.2, 0.25) is 0 Å². The lowest BCUT2D eigenvalue weighted by molar-refractivity contribution is -0.384. The molecule has 0 saturated heterocycles. The van der Waals surface area contributed by atoms with E-state index in [-0.39, 0.29) is 10.6 Å². The van der Waals surface area contributed by atoms with Gasteiger partial charge in [0.25, 0.3) is 5.69 Å². The van der Waals surface area contributed by atoms with E-state index in [2.05, 4.69) is 24.2 Å². The fourth-order valence-corrected chi connectivity index (χ4v) is 4.97. The number of nitrogens with zero attached hydrogens (tertiary/aromatic N) is 3. The molecule has 3 rings (SSSR count). The molecule has 190 valence electrons. The molecule has 2 aromatic rings. The highest BCUT2D eigenvalue weighted by Crippen LogP contribution is 2.56. The average molecular weight is 494 g/mol. The van der Waals surface area contributed by atoms with E-state index in [1.807, 2.05) is 38.1 Å². The second-order valence-electron chi connectivity index (χ2n) is 8.67. The standard InChI is InChI=1S/C27H31N3O6/c1-7-23(28-35-16(5)31)18-11-12-20-21(13-18)27(9-3,10-4)22-14-19(15-25(26(20)22)30(33)34)24(8-2)29-36-17(6)32/h11-15H,7-10H2,1-6H3/b28-23+,29-24+. The molecule has 9 nitrogen and oxygen atoms in total. The zero-order valence-corrected chi connectivity index (χ0v) is 21.5. The van der Waals surface area contributed by atoms with Crippen molar-refractivity contribution in [2.45, 2.75) is 72.6 Å². The van der Waals surface area contributed by atoms with Crippen molar-refractivity contribution in [1.82, 2.24) is 0 Å². The molecule has 9 heteroatoms. The van der Waals surface area contributed by atoms with E-state index >= 15 is 0 Å². The monoisotopic (exact) mass is 493 g/mol. The summed E-state index contributed by atoms with van der Waals surface area (Å²) in [6, 6.07) is 9.19. The molecule has 0 fully saturated rings. The Labute approximate surface area is 210 Å². The van der Waals surface area contributed by atoms with Gasteiger partial charge in [0, 0.05) is 30.9 Å². The van der Waals surface area contributed by atoms with E-state index in [4.69, 9.17) is 9.68 Å². The molecule has 0 N–H and O–H groups in total. The number of nitro benzene ring substituents is 1. The summed E-state index contributed by atoms with van der Waals surface area (Å²) >= 11 is 0. The van der Waals surface area contributed by atoms with Gasteiger partial charge in [-0.15, -0.1) is 0 Å². The van der Waals surface area contributed by atoms with E-state index in [0.29, 0.717) is 48.2 Å². The minimum atomic E-state index is -0.560. The van der Waals surface area contributed by atoms with E-state index in [9.17, 15) is 19.7 Å². The highest BCUT2D eigenvalue weighted by atomic mass is 16.7. The average Bonchev–Trinajstić information content (AvgIpc) is 3.13. The van der Waals surface area contributed by atoms with Crippen molar-refractivity contribution in [3.8, 4) is 11.1 Å². The van der Waals surface area contributed by atoms with Gasteiger partial charge in [-0.05, 0) is 60.1 Å². The molecule has 0 amide bonds. The Bertz CT molecular complexity index is 1270. The number of rotatable bonds is 9. The maximum Gasteiger partial charge on any atom is 0.331 e. The van der Waals surface area contributed by atoms with Gasteiger partial charge in [0.1, 0.15) is 0 Å². The van der Waals surface area contributed by atoms with Gasteiger partial charge >= 0.3 is 11.9 Å². The molecule has 0 aromatic heterocycles. The molecule has 36 heavy (non-hydrogen) atoms. The Morgan fingerprint density at radius 2 is 1.39 bits per heavy atom. The fraction of sp³-hybridized carbons (Fsp3) is 0.407. The SMILES string of the molecule is CC/C(=N\OC(C)=O)c1ccc2c(c1)C(CC)(CC)c1cc(/C(CC)=N/OC(C)=O)cc([N+](=O)[O-])c1-2. The first kappa shape index (κ1) is 26.7. The number of carbonyl (C=O) groups excluding carboxylic acids is 2. The minimum Gasteiger partial charge on any atom is -0.318 e. The van der Waals surface area contributed by atoms with Crippen LogP contribution < -0.4 is 0 Å². The normalized spacial score (nSPS) is 14.2. The third-order valence-corrected chi connectivity index (χ3v) is 6.75. The number of fused-ring (bicyclic) bond motifs is 3. The van der Waals surface area contributed by atoms with Crippen LogP contribution in [0.25, 0.3) is 11.1 Å². The van der Waals surface area contributed by atoms with Gasteiger partial charge in [0.05, 0.1) is 21.9 Å². The predicted octanol–water partition coefficient (Wildman–Crippen LogP) is 6.04. The summed E-state index contributed by atoms with van der Waals surface area (Å²) in [5, 5.41) is 20.2. The van der Waals surface area contributed by atoms with Crippen LogP contribution in [0.15, 0.2) is 40.6 Å². The van der Waals surface area contributed by atoms with Crippen LogP contribution in [0.3, 0.4) is 0 Å². The molecule has 0 unspecified atom stereocenters. The zero-order valence-electron chi connectivity index (χ0n) is 21.5. The lowest BCUT2D eigenvalue weighted by atomic mass is 9.73. The summed E-state index contributed by atoms with van der Waals surface area (Å²) in [6.45, 7) is 10.4. The maximum atomic E-state index is 12.3. The Morgan fingerprint density at radius 1 is 0.861 bits per heavy atom. The van der Waals surface area contributed by atoms with E-state index in [1.165, 1.54) is 19.9 Å². The lowest BCUT2D eigenvalue weighted by Gasteiger charge is -2.30. The number of hydrogen-bond donors (Lipinski definition) is 0. The minimum absolute atomic E-state index is 0.0199. The van der Waals surface area contributed by atoms with E-state index in [0.717, 1.165) is 22.3 Å². The first-order valence-electron chi connectivity index (χ1n) is 12.1. The van der Waals surface area contributed by atoms with Crippen LogP contribution in [0.1, 0.15) is 89.5 Å². The second-order valence-corrected chi connectivity index (χ2v) is 8.67. The molecule has 1 aliphatic rings. The summed E-state index contributed by atoms with van der Waals surface area (Å²) in [6.07, 6.45) is 2.39. The summed E-state index contributed by atoms with van der Waals surface area (Å²) in [5.74, 6) is -1.06. The molecule has 0 spiro atoms. The third-order valence-electron chi connectivity index (χ3n) is 6.75. The molecule has 1 aliphatic carbocycles. The van der Waals surface area contributed by atoms with Gasteiger partial charge in [-0.1, -0.05) is 50.1 Å². The summed E-state index contributed by atoms with van der Waals surface area (Å²) < 4.78 is 0. The van der Waals surface area contributed by atoms with Crippen molar-refractivity contribution in [2.75, 3.05) is 0 Å². The number of nitro groups is 1. The topological polar surface area (TPSA) is 120 Å². The highest BCUT2D eigenvalue weighted by molar-refractivity contribution is 6.04. The van der Waals surface area contributed by atoms with E-state index < -0.39 is 17.4 Å². The first-order chi connectivity index (χ1) is 17.1. The van der Waals surface area contributed by atoms with Crippen LogP contribution in [-0.4, -0.2) is 28.3 Å². The van der Waals surface area contributed by atoms with Crippen LogP contribution in [0.2, 0.25) is 0 Å². The number of carbonyl (C=O) groups is 2. The summed E-state index contributed by atoms with van der Waals surface area (Å²) in [4.78, 5) is 44.3. The quantitative estimate of drug-likeness (QED) is 0.182. The van der Waals surface area contributed by atoms with Crippen molar-refractivity contribution < 1.29 is 24.2 Å². The van der Waals surface area contributed by atoms with Crippen LogP contribution in [-0.2, 0) is 24.7 Å². The van der Waals surface area contributed by atoms with Crippen LogP contribution in [0.5, 0.6) is 0 Å². The van der Waals surface area contributed by atoms with Crippen LogP contribution in [0.4, 0.5) is 5.69 Å². The second kappa shape index (κ2) is 10.8. The summed E-state index contributed by atoms with van der Waals surface area (Å²) in [5.41, 5.74) is 5.12. The third kappa shape index (κ3) is 4.78. The molecule has 0 aliphatic heterocycles. The smallest absolute Gasteiger partial charge is 0.318 e. The molecule has 0 atom stereocenters. The van der Waals surface area contributed by atoms with Crippen molar-refractivity contribution >= 4 is 29.0 Å². The van der Waals surface area contributed by atoms with Crippen LogP contribution >= 0.6 is 0 Å². The van der Waals surface area contributed by atoms with Crippen molar-refractivity contribution in [2.24, 2.45) is 10.3 Å². The lowest BCUT2D eigenvalue weighted by Crippen LogP contribution is -2.24. The fourth-order valence-electron chi connectivity index (χ4n) is 4.97. The zero-order chi connectivity index (χ0) is 26.6. The van der Waals surface area contributed by atoms with Crippen LogP contribution in [0, 0.1) is 10.1 Å². The van der Waals surface area contributed by atoms with Gasteiger partial charge < -0.3 is 9.68 Å². The molecule has 0 radical (unpaired) electrons. The molecule has 0 saturated carbocycles. The van der Waals surface area contributed by atoms with Gasteiger partial charge in [-0.25, -0.2) is 9.59 Å². The van der Waals surface area contributed by atoms with E-state index in [1.54, 1.807) is 0 Å². The van der Waals surface area contributed by atoms with Gasteiger partial charge in [-0.2, -0.15) is 0 Å². The molecule has 2 aromatic carbocycles. The Kier molecular flexibility index (Phi) is 8.02. The molecule has 0 bridgehead atoms. The Hall–Kier alpha value is -3.88. The number of oxime groups is 2. The number of benzene rings is 2. The largest absolute Gasteiger partial charge is 0.331 e. The van der Waals surface area contributed by atoms with Gasteiger partial charge in [0.15, 0.2) is 0 Å². The van der Waals surface area contributed by atoms with Crippen molar-refractivity contribution in [3.63, 3.8) is 0 Å². The maximum absolute atomic E-state index is 12.3. The Morgan fingerprint density at radius 3 is 1.86 bits per heavy atom. The Balaban J connectivity index is 2.31. The van der Waals surface area contributed by atoms with Crippen molar-refractivity contribution in [1.29, 1.82) is 0 Å². The predicted molar refractivity (Wildman–Crippen MR) is 137 cm³/mol. The van der Waals surface area contributed by atoms with Crippen molar-refractivity contribution in [3.05, 3.63) is 62.7 Å². The molecular formula is C27H31N3O6. The molecular weight excluding hydrogens is 462 g/mol. The number of hydrogen-bond acceptors (Lipinski definition) is 8. The highest BCUT2D eigenvalue weighted by Gasteiger charge is 2.44.